The summed E-state index contributed by atoms with van der Waals surface area (Å²) < 4.78 is 0. The Bertz CT molecular complexity index is 511. The van der Waals surface area contributed by atoms with Crippen LogP contribution < -0.4 is 5.32 Å². The van der Waals surface area contributed by atoms with Gasteiger partial charge in [0.05, 0.1) is 0 Å². The second-order valence-electron chi connectivity index (χ2n) is 4.57. The van der Waals surface area contributed by atoms with Gasteiger partial charge in [0.1, 0.15) is 5.75 Å². The quantitative estimate of drug-likeness (QED) is 0.823. The number of hydrogen-bond donors (Lipinski definition) is 2. The Kier molecular flexibility index (Phi) is 2.48. The van der Waals surface area contributed by atoms with Crippen molar-refractivity contribution in [2.24, 2.45) is 0 Å². The van der Waals surface area contributed by atoms with Crippen LogP contribution in [-0.2, 0) is 12.8 Å². The fraction of sp³-hybridized carbons (Fsp3) is 0.200. The van der Waals surface area contributed by atoms with Gasteiger partial charge in [-0.15, -0.1) is 0 Å². The first-order chi connectivity index (χ1) is 8.31. The third-order valence-electron chi connectivity index (χ3n) is 3.27. The molecule has 0 aliphatic heterocycles. The lowest BCUT2D eigenvalue weighted by molar-refractivity contribution is 0.475. The zero-order chi connectivity index (χ0) is 11.7. The van der Waals surface area contributed by atoms with Crippen LogP contribution >= 0.6 is 0 Å². The molecule has 3 rings (SSSR count). The Morgan fingerprint density at radius 3 is 2.29 bits per heavy atom. The van der Waals surface area contributed by atoms with Crippen LogP contribution in [0.5, 0.6) is 5.75 Å². The number of hydrogen-bond acceptors (Lipinski definition) is 2. The zero-order valence-corrected chi connectivity index (χ0v) is 9.56. The Hall–Kier alpha value is -1.96. The number of rotatable bonds is 2. The van der Waals surface area contributed by atoms with E-state index in [1.165, 1.54) is 11.1 Å². The SMILES string of the molecule is Oc1cccc(NC2Cc3ccccc3C2)c1. The number of nitrogens with one attached hydrogen (secondary N) is 1. The molecule has 1 aliphatic carbocycles. The summed E-state index contributed by atoms with van der Waals surface area (Å²) in [5.41, 5.74) is 3.86. The molecule has 2 aromatic carbocycles. The summed E-state index contributed by atoms with van der Waals surface area (Å²) in [4.78, 5) is 0. The van der Waals surface area contributed by atoms with Crippen molar-refractivity contribution in [1.29, 1.82) is 0 Å². The smallest absolute Gasteiger partial charge is 0.117 e. The lowest BCUT2D eigenvalue weighted by Gasteiger charge is -2.13. The van der Waals surface area contributed by atoms with Crippen molar-refractivity contribution in [2.45, 2.75) is 18.9 Å². The average molecular weight is 225 g/mol. The molecule has 1 aliphatic rings. The molecule has 0 bridgehead atoms. The topological polar surface area (TPSA) is 32.3 Å². The van der Waals surface area contributed by atoms with Gasteiger partial charge in [-0.25, -0.2) is 0 Å². The second-order valence-corrected chi connectivity index (χ2v) is 4.57. The minimum atomic E-state index is 0.311. The number of benzene rings is 2. The summed E-state index contributed by atoms with van der Waals surface area (Å²) in [6.45, 7) is 0. The number of anilines is 1. The summed E-state index contributed by atoms with van der Waals surface area (Å²) in [6, 6.07) is 16.3. The highest BCUT2D eigenvalue weighted by atomic mass is 16.3. The van der Waals surface area contributed by atoms with Crippen molar-refractivity contribution in [2.75, 3.05) is 5.32 Å². The van der Waals surface area contributed by atoms with Gasteiger partial charge in [0.2, 0.25) is 0 Å². The molecule has 2 aromatic rings. The van der Waals surface area contributed by atoms with Crippen LogP contribution in [0, 0.1) is 0 Å². The van der Waals surface area contributed by atoms with Crippen molar-refractivity contribution in [3.05, 3.63) is 59.7 Å². The van der Waals surface area contributed by atoms with Crippen LogP contribution in [0.25, 0.3) is 0 Å². The van der Waals surface area contributed by atoms with E-state index in [-0.39, 0.29) is 0 Å². The van der Waals surface area contributed by atoms with Gasteiger partial charge in [-0.05, 0) is 36.1 Å². The zero-order valence-electron chi connectivity index (χ0n) is 9.56. The Balaban J connectivity index is 1.74. The van der Waals surface area contributed by atoms with E-state index in [0.29, 0.717) is 11.8 Å². The molecular weight excluding hydrogens is 210 g/mol. The molecule has 0 saturated heterocycles. The Morgan fingerprint density at radius 2 is 1.65 bits per heavy atom. The average Bonchev–Trinajstić information content (AvgIpc) is 2.71. The molecule has 2 heteroatoms. The molecule has 2 nitrogen and oxygen atoms in total. The highest BCUT2D eigenvalue weighted by molar-refractivity contribution is 5.50. The molecule has 2 N–H and O–H groups in total. The third-order valence-corrected chi connectivity index (χ3v) is 3.27. The molecule has 17 heavy (non-hydrogen) atoms. The standard InChI is InChI=1S/C15H15NO/c17-15-7-3-6-13(10-15)16-14-8-11-4-1-2-5-12(11)9-14/h1-7,10,14,16-17H,8-9H2. The maximum Gasteiger partial charge on any atom is 0.117 e. The van der Waals surface area contributed by atoms with E-state index in [2.05, 4.69) is 29.6 Å². The maximum atomic E-state index is 9.42. The first-order valence-electron chi connectivity index (χ1n) is 5.93. The summed E-state index contributed by atoms with van der Waals surface area (Å²) in [7, 11) is 0. The minimum Gasteiger partial charge on any atom is -0.508 e. The van der Waals surface area contributed by atoms with E-state index in [0.717, 1.165) is 18.5 Å². The highest BCUT2D eigenvalue weighted by Crippen LogP contribution is 2.25. The largest absolute Gasteiger partial charge is 0.508 e. The van der Waals surface area contributed by atoms with Crippen LogP contribution in [0.15, 0.2) is 48.5 Å². The maximum absolute atomic E-state index is 9.42. The monoisotopic (exact) mass is 225 g/mol. The van der Waals surface area contributed by atoms with Crippen molar-refractivity contribution in [3.8, 4) is 5.75 Å². The molecule has 0 fully saturated rings. The van der Waals surface area contributed by atoms with Crippen LogP contribution in [-0.4, -0.2) is 11.1 Å². The molecule has 0 amide bonds. The first kappa shape index (κ1) is 10.2. The van der Waals surface area contributed by atoms with E-state index in [1.807, 2.05) is 12.1 Å². The van der Waals surface area contributed by atoms with Crippen molar-refractivity contribution in [3.63, 3.8) is 0 Å². The molecule has 0 radical (unpaired) electrons. The van der Waals surface area contributed by atoms with E-state index < -0.39 is 0 Å². The van der Waals surface area contributed by atoms with E-state index in [1.54, 1.807) is 12.1 Å². The first-order valence-corrected chi connectivity index (χ1v) is 5.93. The van der Waals surface area contributed by atoms with Gasteiger partial charge >= 0.3 is 0 Å². The van der Waals surface area contributed by atoms with Crippen LogP contribution in [0.4, 0.5) is 5.69 Å². The van der Waals surface area contributed by atoms with Crippen molar-refractivity contribution >= 4 is 5.69 Å². The Labute approximate surface area is 101 Å². The molecule has 0 spiro atoms. The fourth-order valence-electron chi connectivity index (χ4n) is 2.49. The van der Waals surface area contributed by atoms with Gasteiger partial charge in [-0.1, -0.05) is 30.3 Å². The van der Waals surface area contributed by atoms with Crippen LogP contribution in [0.1, 0.15) is 11.1 Å². The predicted molar refractivity (Wildman–Crippen MR) is 69.4 cm³/mol. The minimum absolute atomic E-state index is 0.311. The third kappa shape index (κ3) is 2.11. The molecule has 0 saturated carbocycles. The van der Waals surface area contributed by atoms with Gasteiger partial charge < -0.3 is 10.4 Å². The van der Waals surface area contributed by atoms with Gasteiger partial charge in [0, 0.05) is 17.8 Å². The van der Waals surface area contributed by atoms with E-state index in [9.17, 15) is 5.11 Å². The predicted octanol–water partition coefficient (Wildman–Crippen LogP) is 2.97. The number of aromatic hydroxyl groups is 1. The van der Waals surface area contributed by atoms with Crippen molar-refractivity contribution < 1.29 is 5.11 Å². The summed E-state index contributed by atoms with van der Waals surface area (Å²) in [5, 5.41) is 12.9. The number of fused-ring (bicyclic) bond motifs is 1. The normalized spacial score (nSPS) is 14.6. The summed E-state index contributed by atoms with van der Waals surface area (Å²) >= 11 is 0. The second kappa shape index (κ2) is 4.13. The van der Waals surface area contributed by atoms with Gasteiger partial charge in [-0.2, -0.15) is 0 Å². The Morgan fingerprint density at radius 1 is 0.941 bits per heavy atom. The summed E-state index contributed by atoms with van der Waals surface area (Å²) in [5.74, 6) is 0.311. The molecular formula is C15H15NO. The number of phenols is 1. The lowest BCUT2D eigenvalue weighted by Crippen LogP contribution is -2.19. The molecule has 0 atom stereocenters. The molecule has 0 aromatic heterocycles. The highest BCUT2D eigenvalue weighted by Gasteiger charge is 2.20. The van der Waals surface area contributed by atoms with Gasteiger partial charge in [-0.3, -0.25) is 0 Å². The number of phenolic OH excluding ortho intramolecular Hbond substituents is 1. The molecule has 0 heterocycles. The van der Waals surface area contributed by atoms with E-state index >= 15 is 0 Å². The van der Waals surface area contributed by atoms with Crippen molar-refractivity contribution in [1.82, 2.24) is 0 Å². The fourth-order valence-corrected chi connectivity index (χ4v) is 2.49. The lowest BCUT2D eigenvalue weighted by atomic mass is 10.1. The van der Waals surface area contributed by atoms with Gasteiger partial charge in [0.25, 0.3) is 0 Å². The van der Waals surface area contributed by atoms with E-state index in [4.69, 9.17) is 0 Å². The molecule has 0 unspecified atom stereocenters. The van der Waals surface area contributed by atoms with Crippen LogP contribution in [0.3, 0.4) is 0 Å². The van der Waals surface area contributed by atoms with Gasteiger partial charge in [0.15, 0.2) is 0 Å². The summed E-state index contributed by atoms with van der Waals surface area (Å²) in [6.07, 6.45) is 2.12. The van der Waals surface area contributed by atoms with Crippen LogP contribution in [0.2, 0.25) is 0 Å². The molecule has 86 valence electrons.